The number of hydrogen-bond acceptors (Lipinski definition) is 4. The van der Waals surface area contributed by atoms with Crippen molar-refractivity contribution in [3.05, 3.63) is 22.8 Å². The van der Waals surface area contributed by atoms with Crippen molar-refractivity contribution >= 4 is 23.4 Å². The smallest absolute Gasteiger partial charge is 0.356 e. The molecule has 110 valence electrons. The summed E-state index contributed by atoms with van der Waals surface area (Å²) in [4.78, 5) is 15.0. The van der Waals surface area contributed by atoms with E-state index in [9.17, 15) is 9.90 Å². The third kappa shape index (κ3) is 3.61. The average Bonchev–Trinajstić information content (AvgIpc) is 2.46. The summed E-state index contributed by atoms with van der Waals surface area (Å²) in [6.07, 6.45) is 4.48. The summed E-state index contributed by atoms with van der Waals surface area (Å²) in [5.74, 6) is 0.0978. The zero-order valence-electron chi connectivity index (χ0n) is 11.2. The Bertz CT molecular complexity index is 481. The van der Waals surface area contributed by atoms with Gasteiger partial charge in [0, 0.05) is 13.2 Å². The molecule has 0 spiro atoms. The number of carbonyl (C=O) groups is 1. The van der Waals surface area contributed by atoms with Crippen LogP contribution < -0.4 is 5.32 Å². The van der Waals surface area contributed by atoms with Crippen LogP contribution in [0.15, 0.2) is 12.1 Å². The fourth-order valence-corrected chi connectivity index (χ4v) is 2.91. The highest BCUT2D eigenvalue weighted by Gasteiger charge is 2.24. The first-order chi connectivity index (χ1) is 9.61. The van der Waals surface area contributed by atoms with Crippen molar-refractivity contribution in [3.63, 3.8) is 0 Å². The molecule has 1 aliphatic rings. The van der Waals surface area contributed by atoms with Crippen LogP contribution in [0.2, 0.25) is 5.02 Å². The minimum atomic E-state index is -1.13. The molecule has 0 aromatic carbocycles. The predicted octanol–water partition coefficient (Wildman–Crippen LogP) is 2.64. The Morgan fingerprint density at radius 3 is 2.70 bits per heavy atom. The van der Waals surface area contributed by atoms with Gasteiger partial charge in [-0.3, -0.25) is 0 Å². The Balaban J connectivity index is 1.99. The lowest BCUT2D eigenvalue weighted by Gasteiger charge is -2.30. The summed E-state index contributed by atoms with van der Waals surface area (Å²) in [6, 6.07) is 3.20. The number of rotatable bonds is 5. The van der Waals surface area contributed by atoms with Gasteiger partial charge in [0.1, 0.15) is 5.82 Å². The van der Waals surface area contributed by atoms with Crippen molar-refractivity contribution in [2.24, 2.45) is 11.8 Å². The van der Waals surface area contributed by atoms with Crippen LogP contribution in [-0.2, 0) is 0 Å². The fraction of sp³-hybridized carbons (Fsp3) is 0.571. The molecule has 0 amide bonds. The lowest BCUT2D eigenvalue weighted by Crippen LogP contribution is -2.28. The molecule has 0 saturated heterocycles. The van der Waals surface area contributed by atoms with Crippen LogP contribution in [0.3, 0.4) is 0 Å². The van der Waals surface area contributed by atoms with Crippen molar-refractivity contribution < 1.29 is 15.0 Å². The molecule has 20 heavy (non-hydrogen) atoms. The number of aromatic carboxylic acids is 1. The highest BCUT2D eigenvalue weighted by Crippen LogP contribution is 2.29. The third-order valence-electron chi connectivity index (χ3n) is 3.89. The fourth-order valence-electron chi connectivity index (χ4n) is 2.72. The van der Waals surface area contributed by atoms with E-state index in [2.05, 4.69) is 10.3 Å². The first-order valence-electron chi connectivity index (χ1n) is 6.86. The summed E-state index contributed by atoms with van der Waals surface area (Å²) in [6.45, 7) is 0.902. The van der Waals surface area contributed by atoms with Crippen molar-refractivity contribution in [1.82, 2.24) is 4.98 Å². The number of carboxylic acids is 1. The Morgan fingerprint density at radius 2 is 2.05 bits per heavy atom. The number of halogens is 1. The number of aliphatic hydroxyl groups excluding tert-OH is 1. The molecule has 0 aliphatic heterocycles. The maximum atomic E-state index is 11.0. The van der Waals surface area contributed by atoms with Crippen LogP contribution in [0.4, 0.5) is 5.82 Å². The van der Waals surface area contributed by atoms with Gasteiger partial charge < -0.3 is 15.5 Å². The lowest BCUT2D eigenvalue weighted by molar-refractivity contribution is 0.0691. The molecule has 2 atom stereocenters. The van der Waals surface area contributed by atoms with Gasteiger partial charge in [-0.25, -0.2) is 9.78 Å². The summed E-state index contributed by atoms with van der Waals surface area (Å²) < 4.78 is 0. The van der Waals surface area contributed by atoms with Crippen LogP contribution in [-0.4, -0.2) is 34.3 Å². The van der Waals surface area contributed by atoms with Crippen molar-refractivity contribution in [2.45, 2.75) is 25.7 Å². The van der Waals surface area contributed by atoms with Gasteiger partial charge in [0.15, 0.2) is 5.69 Å². The summed E-state index contributed by atoms with van der Waals surface area (Å²) in [7, 11) is 0. The molecule has 2 unspecified atom stereocenters. The van der Waals surface area contributed by atoms with Gasteiger partial charge in [-0.1, -0.05) is 24.4 Å². The van der Waals surface area contributed by atoms with Crippen LogP contribution in [0.25, 0.3) is 0 Å². The molecule has 3 N–H and O–H groups in total. The molecule has 0 radical (unpaired) electrons. The minimum absolute atomic E-state index is 0.133. The molecule has 1 aromatic heterocycles. The number of hydrogen-bond donors (Lipinski definition) is 3. The van der Waals surface area contributed by atoms with E-state index in [1.54, 1.807) is 6.07 Å². The van der Waals surface area contributed by atoms with Gasteiger partial charge in [-0.15, -0.1) is 0 Å². The van der Waals surface area contributed by atoms with E-state index in [0.717, 1.165) is 12.8 Å². The number of aliphatic hydroxyl groups is 1. The topological polar surface area (TPSA) is 82.5 Å². The molecule has 0 bridgehead atoms. The van der Waals surface area contributed by atoms with E-state index in [1.165, 1.54) is 18.9 Å². The van der Waals surface area contributed by atoms with Crippen molar-refractivity contribution in [1.29, 1.82) is 0 Å². The van der Waals surface area contributed by atoms with Crippen molar-refractivity contribution in [2.75, 3.05) is 18.5 Å². The Morgan fingerprint density at radius 1 is 1.35 bits per heavy atom. The van der Waals surface area contributed by atoms with Gasteiger partial charge in [-0.05, 0) is 36.8 Å². The van der Waals surface area contributed by atoms with Gasteiger partial charge in [0.25, 0.3) is 0 Å². The van der Waals surface area contributed by atoms with Crippen LogP contribution in [0.5, 0.6) is 0 Å². The number of nitrogens with zero attached hydrogens (tertiary/aromatic N) is 1. The minimum Gasteiger partial charge on any atom is -0.476 e. The highest BCUT2D eigenvalue weighted by molar-refractivity contribution is 6.33. The molecule has 1 fully saturated rings. The normalized spacial score (nSPS) is 22.5. The monoisotopic (exact) mass is 298 g/mol. The summed E-state index contributed by atoms with van der Waals surface area (Å²) >= 11 is 5.78. The highest BCUT2D eigenvalue weighted by atomic mass is 35.5. The Hall–Kier alpha value is -1.33. The second kappa shape index (κ2) is 6.90. The van der Waals surface area contributed by atoms with E-state index in [-0.39, 0.29) is 17.3 Å². The van der Waals surface area contributed by atoms with E-state index in [0.29, 0.717) is 24.2 Å². The molecule has 1 aromatic rings. The number of carboxylic acid groups (broad SMARTS) is 1. The van der Waals surface area contributed by atoms with Crippen LogP contribution >= 0.6 is 11.6 Å². The molecule has 5 nitrogen and oxygen atoms in total. The standard InChI is InChI=1S/C14H19ClN2O3/c15-11-5-6-12(17-13(11)14(19)20)16-7-9-3-1-2-4-10(9)8-18/h5-6,9-10,18H,1-4,7-8H2,(H,16,17)(H,19,20). The van der Waals surface area contributed by atoms with E-state index < -0.39 is 5.97 Å². The molecule has 2 rings (SSSR count). The molecule has 1 heterocycles. The lowest BCUT2D eigenvalue weighted by atomic mass is 9.79. The predicted molar refractivity (Wildman–Crippen MR) is 77.2 cm³/mol. The SMILES string of the molecule is O=C(O)c1nc(NCC2CCCCC2CO)ccc1Cl. The average molecular weight is 299 g/mol. The molecule has 1 saturated carbocycles. The van der Waals surface area contributed by atoms with E-state index in [1.807, 2.05) is 0 Å². The van der Waals surface area contributed by atoms with Crippen LogP contribution in [0, 0.1) is 11.8 Å². The second-order valence-electron chi connectivity index (χ2n) is 5.20. The van der Waals surface area contributed by atoms with E-state index >= 15 is 0 Å². The largest absolute Gasteiger partial charge is 0.476 e. The molecule has 6 heteroatoms. The zero-order chi connectivity index (χ0) is 14.5. The Kier molecular flexibility index (Phi) is 5.20. The first kappa shape index (κ1) is 15.1. The molecule has 1 aliphatic carbocycles. The number of pyridine rings is 1. The maximum absolute atomic E-state index is 11.0. The third-order valence-corrected chi connectivity index (χ3v) is 4.20. The van der Waals surface area contributed by atoms with Gasteiger partial charge >= 0.3 is 5.97 Å². The maximum Gasteiger partial charge on any atom is 0.356 e. The summed E-state index contributed by atoms with van der Waals surface area (Å²) in [5, 5.41) is 21.6. The first-order valence-corrected chi connectivity index (χ1v) is 7.24. The quantitative estimate of drug-likeness (QED) is 0.778. The van der Waals surface area contributed by atoms with Gasteiger partial charge in [0.05, 0.1) is 5.02 Å². The van der Waals surface area contributed by atoms with Crippen molar-refractivity contribution in [3.8, 4) is 0 Å². The molecular formula is C14H19ClN2O3. The summed E-state index contributed by atoms with van der Waals surface area (Å²) in [5.41, 5.74) is -0.140. The zero-order valence-corrected chi connectivity index (χ0v) is 11.9. The number of aromatic nitrogens is 1. The van der Waals surface area contributed by atoms with Gasteiger partial charge in [0.2, 0.25) is 0 Å². The molecular weight excluding hydrogens is 280 g/mol. The number of nitrogens with one attached hydrogen (secondary N) is 1. The second-order valence-corrected chi connectivity index (χ2v) is 5.61. The Labute approximate surface area is 123 Å². The van der Waals surface area contributed by atoms with Gasteiger partial charge in [-0.2, -0.15) is 0 Å². The van der Waals surface area contributed by atoms with E-state index in [4.69, 9.17) is 16.7 Å². The number of anilines is 1. The van der Waals surface area contributed by atoms with Crippen LogP contribution in [0.1, 0.15) is 36.2 Å².